The Morgan fingerprint density at radius 1 is 1.12 bits per heavy atom. The fourth-order valence-electron chi connectivity index (χ4n) is 5.07. The minimum atomic E-state index is -0.982. The van der Waals surface area contributed by atoms with Crippen LogP contribution in [0.5, 0.6) is 0 Å². The monoisotopic (exact) mass is 451 g/mol. The van der Waals surface area contributed by atoms with Crippen molar-refractivity contribution in [2.75, 3.05) is 36.8 Å². The molecule has 176 valence electrons. The summed E-state index contributed by atoms with van der Waals surface area (Å²) in [7, 11) is 0. The van der Waals surface area contributed by atoms with E-state index in [1.807, 2.05) is 47.4 Å². The van der Waals surface area contributed by atoms with E-state index in [1.165, 1.54) is 0 Å². The number of nitrogens with zero attached hydrogens (tertiary/aromatic N) is 3. The van der Waals surface area contributed by atoms with E-state index in [1.54, 1.807) is 0 Å². The van der Waals surface area contributed by atoms with Crippen LogP contribution in [-0.4, -0.2) is 65.3 Å². The van der Waals surface area contributed by atoms with Crippen molar-refractivity contribution in [3.05, 3.63) is 60.2 Å². The fourth-order valence-corrected chi connectivity index (χ4v) is 5.07. The average Bonchev–Trinajstić information content (AvgIpc) is 3.16. The van der Waals surface area contributed by atoms with Crippen LogP contribution < -0.4 is 16.0 Å². The first kappa shape index (κ1) is 22.9. The van der Waals surface area contributed by atoms with Crippen LogP contribution >= 0.6 is 0 Å². The highest BCUT2D eigenvalue weighted by Gasteiger charge is 2.44. The van der Waals surface area contributed by atoms with E-state index in [0.29, 0.717) is 18.8 Å². The molecule has 2 aliphatic heterocycles. The summed E-state index contributed by atoms with van der Waals surface area (Å²) < 4.78 is 0. The zero-order valence-electron chi connectivity index (χ0n) is 19.1. The molecule has 0 radical (unpaired) electrons. The maximum Gasteiger partial charge on any atom is 0.404 e. The number of amides is 3. The second kappa shape index (κ2) is 10.1. The largest absolute Gasteiger partial charge is 0.465 e. The van der Waals surface area contributed by atoms with Crippen molar-refractivity contribution in [2.24, 2.45) is 0 Å². The first-order valence-electron chi connectivity index (χ1n) is 11.7. The van der Waals surface area contributed by atoms with Gasteiger partial charge in [-0.25, -0.2) is 9.59 Å². The molecule has 0 aliphatic carbocycles. The van der Waals surface area contributed by atoms with Crippen molar-refractivity contribution >= 4 is 23.5 Å². The highest BCUT2D eigenvalue weighted by atomic mass is 16.4. The van der Waals surface area contributed by atoms with Crippen LogP contribution in [0, 0.1) is 0 Å². The lowest BCUT2D eigenvalue weighted by atomic mass is 9.98. The van der Waals surface area contributed by atoms with Gasteiger partial charge in [0.1, 0.15) is 0 Å². The van der Waals surface area contributed by atoms with Crippen molar-refractivity contribution in [2.45, 2.75) is 44.3 Å². The number of hydrogen-bond donors (Lipinski definition) is 3. The van der Waals surface area contributed by atoms with Gasteiger partial charge in [-0.2, -0.15) is 0 Å². The average molecular weight is 452 g/mol. The molecule has 1 unspecified atom stereocenters. The molecule has 0 bridgehead atoms. The topological polar surface area (TPSA) is 102 Å². The van der Waals surface area contributed by atoms with Crippen molar-refractivity contribution in [3.63, 3.8) is 0 Å². The molecular formula is C25H33N5O3. The molecule has 2 saturated heterocycles. The van der Waals surface area contributed by atoms with Gasteiger partial charge in [0.05, 0.1) is 24.0 Å². The smallest absolute Gasteiger partial charge is 0.404 e. The number of anilines is 2. The minimum Gasteiger partial charge on any atom is -0.465 e. The molecule has 0 aromatic heterocycles. The highest BCUT2D eigenvalue weighted by Crippen LogP contribution is 2.38. The summed E-state index contributed by atoms with van der Waals surface area (Å²) in [6.45, 7) is 4.94. The maximum atomic E-state index is 13.7. The second-order valence-electron chi connectivity index (χ2n) is 8.92. The Balaban J connectivity index is 1.48. The molecule has 8 heteroatoms. The Bertz CT molecular complexity index is 962. The molecule has 2 aromatic rings. The van der Waals surface area contributed by atoms with Crippen molar-refractivity contribution in [1.82, 2.24) is 15.1 Å². The number of nitrogens with two attached hydrogens (primary N) is 1. The van der Waals surface area contributed by atoms with E-state index in [4.69, 9.17) is 10.8 Å². The number of carbonyl (C=O) groups excluding carboxylic acids is 1. The van der Waals surface area contributed by atoms with E-state index in [2.05, 4.69) is 34.2 Å². The van der Waals surface area contributed by atoms with Gasteiger partial charge in [0.2, 0.25) is 0 Å². The van der Waals surface area contributed by atoms with E-state index >= 15 is 0 Å². The summed E-state index contributed by atoms with van der Waals surface area (Å²) in [5.74, 6) is 0. The summed E-state index contributed by atoms with van der Waals surface area (Å²) in [6.07, 6.45) is 1.57. The number of nitrogen functional groups attached to an aromatic ring is 1. The minimum absolute atomic E-state index is 0.0129. The Hall–Kier alpha value is -3.26. The van der Waals surface area contributed by atoms with Crippen LogP contribution in [0.3, 0.4) is 0 Å². The molecule has 2 fully saturated rings. The molecule has 8 nitrogen and oxygen atoms in total. The number of urea groups is 1. The van der Waals surface area contributed by atoms with Gasteiger partial charge in [-0.3, -0.25) is 4.90 Å². The maximum absolute atomic E-state index is 13.7. The quantitative estimate of drug-likeness (QED) is 0.556. The molecule has 2 atom stereocenters. The van der Waals surface area contributed by atoms with Crippen molar-refractivity contribution in [3.8, 4) is 0 Å². The zero-order valence-corrected chi connectivity index (χ0v) is 19.1. The third kappa shape index (κ3) is 5.06. The Labute approximate surface area is 195 Å². The lowest BCUT2D eigenvalue weighted by molar-refractivity contribution is 0.0934. The van der Waals surface area contributed by atoms with Crippen LogP contribution in [0.15, 0.2) is 54.6 Å². The third-order valence-electron chi connectivity index (χ3n) is 6.91. The highest BCUT2D eigenvalue weighted by molar-refractivity contribution is 5.97. The molecule has 3 amide bonds. The number of benzene rings is 2. The van der Waals surface area contributed by atoms with E-state index in [-0.39, 0.29) is 24.2 Å². The molecule has 0 spiro atoms. The lowest BCUT2D eigenvalue weighted by Gasteiger charge is -2.41. The first-order valence-corrected chi connectivity index (χ1v) is 11.7. The number of hydrogen-bond acceptors (Lipinski definition) is 4. The molecular weight excluding hydrogens is 418 g/mol. The molecule has 2 aromatic carbocycles. The predicted octanol–water partition coefficient (Wildman–Crippen LogP) is 3.76. The van der Waals surface area contributed by atoms with Crippen molar-refractivity contribution in [1.29, 1.82) is 0 Å². The number of carbonyl (C=O) groups is 2. The van der Waals surface area contributed by atoms with Gasteiger partial charge in [0.15, 0.2) is 0 Å². The van der Waals surface area contributed by atoms with Gasteiger partial charge < -0.3 is 26.0 Å². The fraction of sp³-hybridized carbons (Fsp3) is 0.440. The van der Waals surface area contributed by atoms with Gasteiger partial charge in [-0.1, -0.05) is 42.5 Å². The number of carboxylic acid groups (broad SMARTS) is 1. The van der Waals surface area contributed by atoms with Gasteiger partial charge in [0, 0.05) is 31.7 Å². The van der Waals surface area contributed by atoms with E-state index in [9.17, 15) is 9.59 Å². The summed E-state index contributed by atoms with van der Waals surface area (Å²) in [5, 5.41) is 11.2. The standard InChI is InChI=1S/C25H33N5O3/c1-18(11-14-27-24(31)32)28-15-12-20(13-16-28)30-23(19-7-3-2-4-8-19)17-29(25(30)33)22-10-6-5-9-21(22)26/h2-10,18,20,23,27H,11-17,26H2,1H3,(H,31,32)/t18?,23-/m0/s1. The van der Waals surface area contributed by atoms with Gasteiger partial charge >= 0.3 is 12.1 Å². The van der Waals surface area contributed by atoms with Gasteiger partial charge in [0.25, 0.3) is 0 Å². The van der Waals surface area contributed by atoms with Crippen molar-refractivity contribution < 1.29 is 14.7 Å². The molecule has 4 rings (SSSR count). The van der Waals surface area contributed by atoms with Gasteiger partial charge in [-0.05, 0) is 43.9 Å². The number of piperidine rings is 1. The van der Waals surface area contributed by atoms with Gasteiger partial charge in [-0.15, -0.1) is 0 Å². The Morgan fingerprint density at radius 2 is 1.79 bits per heavy atom. The molecule has 4 N–H and O–H groups in total. The van der Waals surface area contributed by atoms with Crippen LogP contribution in [-0.2, 0) is 0 Å². The lowest BCUT2D eigenvalue weighted by Crippen LogP contribution is -2.49. The first-order chi connectivity index (χ1) is 16.0. The summed E-state index contributed by atoms with van der Waals surface area (Å²) in [5.41, 5.74) is 8.73. The third-order valence-corrected chi connectivity index (χ3v) is 6.91. The van der Waals surface area contributed by atoms with Crippen LogP contribution in [0.2, 0.25) is 0 Å². The molecule has 2 heterocycles. The van der Waals surface area contributed by atoms with E-state index < -0.39 is 6.09 Å². The Kier molecular flexibility index (Phi) is 7.03. The second-order valence-corrected chi connectivity index (χ2v) is 8.92. The summed E-state index contributed by atoms with van der Waals surface area (Å²) in [4.78, 5) is 30.7. The summed E-state index contributed by atoms with van der Waals surface area (Å²) >= 11 is 0. The summed E-state index contributed by atoms with van der Waals surface area (Å²) in [6, 6.07) is 18.2. The zero-order chi connectivity index (χ0) is 23.4. The van der Waals surface area contributed by atoms with E-state index in [0.717, 1.165) is 43.6 Å². The van der Waals surface area contributed by atoms with Crippen LogP contribution in [0.25, 0.3) is 0 Å². The normalized spacial score (nSPS) is 20.8. The van der Waals surface area contributed by atoms with Crippen LogP contribution in [0.4, 0.5) is 21.0 Å². The van der Waals surface area contributed by atoms with Crippen LogP contribution in [0.1, 0.15) is 37.8 Å². The number of rotatable bonds is 7. The predicted molar refractivity (Wildman–Crippen MR) is 129 cm³/mol. The Morgan fingerprint density at radius 3 is 2.45 bits per heavy atom. The molecule has 33 heavy (non-hydrogen) atoms. The number of likely N-dealkylation sites (tertiary alicyclic amines) is 1. The SMILES string of the molecule is CC(CCNC(=O)O)N1CCC(N2C(=O)N(c3ccccc3N)C[C@H]2c2ccccc2)CC1. The number of para-hydroxylation sites is 2. The molecule has 0 saturated carbocycles. The number of nitrogens with one attached hydrogen (secondary N) is 1. The molecule has 2 aliphatic rings.